The van der Waals surface area contributed by atoms with Crippen molar-refractivity contribution >= 4 is 11.6 Å². The Balaban J connectivity index is 2.17. The van der Waals surface area contributed by atoms with E-state index in [-0.39, 0.29) is 6.10 Å². The summed E-state index contributed by atoms with van der Waals surface area (Å²) in [4.78, 5) is 0. The first kappa shape index (κ1) is 10.6. The standard InChI is InChI=1S/C12H15ClO2/c1-8(2)14-11-6-3-9(13)7-12(11)15-10-4-5-10/h3,6-8,10H,4-5H2,1-2H3. The summed E-state index contributed by atoms with van der Waals surface area (Å²) in [6.45, 7) is 3.99. The Morgan fingerprint density at radius 1 is 1.27 bits per heavy atom. The second-order valence-corrected chi connectivity index (χ2v) is 4.51. The Hall–Kier alpha value is -0.890. The van der Waals surface area contributed by atoms with Crippen LogP contribution in [-0.4, -0.2) is 12.2 Å². The van der Waals surface area contributed by atoms with Crippen molar-refractivity contribution in [3.63, 3.8) is 0 Å². The number of ether oxygens (including phenoxy) is 2. The lowest BCUT2D eigenvalue weighted by Crippen LogP contribution is -2.07. The minimum absolute atomic E-state index is 0.146. The maximum Gasteiger partial charge on any atom is 0.163 e. The number of benzene rings is 1. The summed E-state index contributed by atoms with van der Waals surface area (Å²) in [6, 6.07) is 5.50. The molecule has 0 atom stereocenters. The van der Waals surface area contributed by atoms with Crippen molar-refractivity contribution in [2.75, 3.05) is 0 Å². The van der Waals surface area contributed by atoms with Crippen LogP contribution < -0.4 is 9.47 Å². The Labute approximate surface area is 95.1 Å². The third kappa shape index (κ3) is 3.03. The van der Waals surface area contributed by atoms with Crippen molar-refractivity contribution < 1.29 is 9.47 Å². The van der Waals surface area contributed by atoms with E-state index < -0.39 is 0 Å². The quantitative estimate of drug-likeness (QED) is 0.780. The van der Waals surface area contributed by atoms with E-state index in [4.69, 9.17) is 21.1 Å². The molecule has 0 bridgehead atoms. The Kier molecular flexibility index (Phi) is 3.06. The minimum atomic E-state index is 0.146. The van der Waals surface area contributed by atoms with Gasteiger partial charge < -0.3 is 9.47 Å². The van der Waals surface area contributed by atoms with E-state index in [1.54, 1.807) is 0 Å². The summed E-state index contributed by atoms with van der Waals surface area (Å²) in [5, 5.41) is 0.682. The Morgan fingerprint density at radius 3 is 2.60 bits per heavy atom. The molecule has 15 heavy (non-hydrogen) atoms. The van der Waals surface area contributed by atoms with Crippen LogP contribution in [0, 0.1) is 0 Å². The van der Waals surface area contributed by atoms with Crippen LogP contribution >= 0.6 is 11.6 Å². The fraction of sp³-hybridized carbons (Fsp3) is 0.500. The van der Waals surface area contributed by atoms with E-state index in [0.717, 1.165) is 24.3 Å². The van der Waals surface area contributed by atoms with Crippen molar-refractivity contribution in [1.29, 1.82) is 0 Å². The van der Waals surface area contributed by atoms with E-state index in [2.05, 4.69) is 0 Å². The summed E-state index contributed by atoms with van der Waals surface area (Å²) >= 11 is 5.92. The predicted molar refractivity (Wildman–Crippen MR) is 60.9 cm³/mol. The number of halogens is 1. The van der Waals surface area contributed by atoms with E-state index in [0.29, 0.717) is 11.1 Å². The molecule has 1 aliphatic rings. The van der Waals surface area contributed by atoms with Gasteiger partial charge in [-0.3, -0.25) is 0 Å². The molecule has 0 N–H and O–H groups in total. The summed E-state index contributed by atoms with van der Waals surface area (Å²) in [5.41, 5.74) is 0. The van der Waals surface area contributed by atoms with Crippen molar-refractivity contribution in [2.24, 2.45) is 0 Å². The lowest BCUT2D eigenvalue weighted by molar-refractivity contribution is 0.217. The van der Waals surface area contributed by atoms with Gasteiger partial charge in [0.2, 0.25) is 0 Å². The molecule has 0 radical (unpaired) electrons. The Morgan fingerprint density at radius 2 is 2.00 bits per heavy atom. The van der Waals surface area contributed by atoms with Crippen molar-refractivity contribution in [2.45, 2.75) is 38.9 Å². The van der Waals surface area contributed by atoms with Crippen LogP contribution in [-0.2, 0) is 0 Å². The second kappa shape index (κ2) is 4.31. The van der Waals surface area contributed by atoms with Crippen LogP contribution in [0.5, 0.6) is 11.5 Å². The van der Waals surface area contributed by atoms with Crippen LogP contribution in [0.25, 0.3) is 0 Å². The van der Waals surface area contributed by atoms with E-state index in [1.807, 2.05) is 32.0 Å². The highest BCUT2D eigenvalue weighted by molar-refractivity contribution is 6.30. The predicted octanol–water partition coefficient (Wildman–Crippen LogP) is 3.67. The molecule has 1 fully saturated rings. The lowest BCUT2D eigenvalue weighted by atomic mass is 10.3. The van der Waals surface area contributed by atoms with Gasteiger partial charge in [0.15, 0.2) is 11.5 Å². The van der Waals surface area contributed by atoms with E-state index in [9.17, 15) is 0 Å². The van der Waals surface area contributed by atoms with Gasteiger partial charge in [-0.15, -0.1) is 0 Å². The van der Waals surface area contributed by atoms with Crippen molar-refractivity contribution in [3.8, 4) is 11.5 Å². The van der Waals surface area contributed by atoms with E-state index >= 15 is 0 Å². The highest BCUT2D eigenvalue weighted by Crippen LogP contribution is 2.35. The zero-order valence-electron chi connectivity index (χ0n) is 9.00. The monoisotopic (exact) mass is 226 g/mol. The first-order valence-corrected chi connectivity index (χ1v) is 5.66. The molecule has 1 saturated carbocycles. The highest BCUT2D eigenvalue weighted by atomic mass is 35.5. The molecule has 0 amide bonds. The molecule has 0 aromatic heterocycles. The van der Waals surface area contributed by atoms with Gasteiger partial charge in [0, 0.05) is 11.1 Å². The van der Waals surface area contributed by atoms with Gasteiger partial charge in [-0.2, -0.15) is 0 Å². The summed E-state index contributed by atoms with van der Waals surface area (Å²) < 4.78 is 11.4. The van der Waals surface area contributed by atoms with E-state index in [1.165, 1.54) is 0 Å². The lowest BCUT2D eigenvalue weighted by Gasteiger charge is -2.14. The molecule has 0 saturated heterocycles. The minimum Gasteiger partial charge on any atom is -0.487 e. The second-order valence-electron chi connectivity index (χ2n) is 4.07. The fourth-order valence-electron chi connectivity index (χ4n) is 1.29. The number of hydrogen-bond donors (Lipinski definition) is 0. The molecule has 0 spiro atoms. The average Bonchev–Trinajstić information content (AvgIpc) is 2.93. The number of rotatable bonds is 4. The molecule has 3 heteroatoms. The first-order valence-electron chi connectivity index (χ1n) is 5.28. The van der Waals surface area contributed by atoms with Crippen molar-refractivity contribution in [3.05, 3.63) is 23.2 Å². The molecule has 1 aromatic carbocycles. The first-order chi connectivity index (χ1) is 7.15. The third-order valence-electron chi connectivity index (χ3n) is 2.09. The summed E-state index contributed by atoms with van der Waals surface area (Å²) in [5.74, 6) is 1.54. The van der Waals surface area contributed by atoms with Crippen molar-refractivity contribution in [1.82, 2.24) is 0 Å². The topological polar surface area (TPSA) is 18.5 Å². The van der Waals surface area contributed by atoms with Gasteiger partial charge in [0.05, 0.1) is 12.2 Å². The van der Waals surface area contributed by atoms with Gasteiger partial charge in [-0.05, 0) is 38.8 Å². The van der Waals surface area contributed by atoms with Crippen LogP contribution in [0.3, 0.4) is 0 Å². The SMILES string of the molecule is CC(C)Oc1ccc(Cl)cc1OC1CC1. The molecule has 0 aliphatic heterocycles. The van der Waals surface area contributed by atoms with Crippen LogP contribution in [0.1, 0.15) is 26.7 Å². The number of hydrogen-bond acceptors (Lipinski definition) is 2. The van der Waals surface area contributed by atoms with Gasteiger partial charge in [0.25, 0.3) is 0 Å². The molecule has 1 aliphatic carbocycles. The molecule has 1 aromatic rings. The largest absolute Gasteiger partial charge is 0.487 e. The van der Waals surface area contributed by atoms with Gasteiger partial charge in [0.1, 0.15) is 0 Å². The zero-order chi connectivity index (χ0) is 10.8. The van der Waals surface area contributed by atoms with Crippen LogP contribution in [0.15, 0.2) is 18.2 Å². The molecule has 0 unspecified atom stereocenters. The fourth-order valence-corrected chi connectivity index (χ4v) is 1.45. The molecular formula is C12H15ClO2. The molecule has 2 nitrogen and oxygen atoms in total. The highest BCUT2D eigenvalue weighted by Gasteiger charge is 2.25. The van der Waals surface area contributed by atoms with Gasteiger partial charge >= 0.3 is 0 Å². The maximum absolute atomic E-state index is 5.92. The van der Waals surface area contributed by atoms with Gasteiger partial charge in [-0.25, -0.2) is 0 Å². The summed E-state index contributed by atoms with van der Waals surface area (Å²) in [7, 11) is 0. The van der Waals surface area contributed by atoms with Crippen LogP contribution in [0.4, 0.5) is 0 Å². The normalized spacial score (nSPS) is 15.5. The molecular weight excluding hydrogens is 212 g/mol. The summed E-state index contributed by atoms with van der Waals surface area (Å²) in [6.07, 6.45) is 2.77. The van der Waals surface area contributed by atoms with Crippen LogP contribution in [0.2, 0.25) is 5.02 Å². The maximum atomic E-state index is 5.92. The zero-order valence-corrected chi connectivity index (χ0v) is 9.75. The molecule has 82 valence electrons. The Bertz CT molecular complexity index is 345. The third-order valence-corrected chi connectivity index (χ3v) is 2.32. The smallest absolute Gasteiger partial charge is 0.163 e. The molecule has 2 rings (SSSR count). The van der Waals surface area contributed by atoms with Gasteiger partial charge in [-0.1, -0.05) is 11.6 Å². The average molecular weight is 227 g/mol. The molecule has 0 heterocycles.